The van der Waals surface area contributed by atoms with E-state index in [4.69, 9.17) is 4.74 Å². The number of likely N-dealkylation sites (N-methyl/N-ethyl adjacent to an activating group) is 1. The van der Waals surface area contributed by atoms with Crippen molar-refractivity contribution in [3.8, 4) is 17.6 Å². The number of methoxy groups -OCH3 is 1. The van der Waals surface area contributed by atoms with Gasteiger partial charge in [0.15, 0.2) is 11.5 Å². The molecule has 1 unspecified atom stereocenters. The first kappa shape index (κ1) is 17.1. The molecule has 0 spiro atoms. The fraction of sp³-hybridized carbons (Fsp3) is 0.500. The van der Waals surface area contributed by atoms with Crippen molar-refractivity contribution < 1.29 is 18.3 Å². The minimum Gasteiger partial charge on any atom is -0.493 e. The van der Waals surface area contributed by atoms with Gasteiger partial charge in [-0.1, -0.05) is 6.07 Å². The summed E-state index contributed by atoms with van der Waals surface area (Å²) in [5.41, 5.74) is 0.549. The van der Waals surface area contributed by atoms with Crippen molar-refractivity contribution in [3.05, 3.63) is 23.8 Å². The van der Waals surface area contributed by atoms with Crippen molar-refractivity contribution in [2.75, 3.05) is 34.3 Å². The fourth-order valence-electron chi connectivity index (χ4n) is 1.73. The van der Waals surface area contributed by atoms with E-state index in [2.05, 4.69) is 16.1 Å². The van der Waals surface area contributed by atoms with E-state index in [-0.39, 0.29) is 11.5 Å². The van der Waals surface area contributed by atoms with Crippen molar-refractivity contribution in [1.82, 2.24) is 10.2 Å². The van der Waals surface area contributed by atoms with Crippen molar-refractivity contribution in [3.63, 3.8) is 0 Å². The number of nitrogens with one attached hydrogen (secondary N) is 1. The van der Waals surface area contributed by atoms with Crippen LogP contribution in [0.3, 0.4) is 0 Å². The molecule has 0 heterocycles. The van der Waals surface area contributed by atoms with E-state index in [0.717, 1.165) is 6.54 Å². The van der Waals surface area contributed by atoms with Gasteiger partial charge in [-0.05, 0) is 31.8 Å². The Labute approximate surface area is 123 Å². The third kappa shape index (κ3) is 5.53. The van der Waals surface area contributed by atoms with Crippen molar-refractivity contribution in [2.45, 2.75) is 12.7 Å². The van der Waals surface area contributed by atoms with Gasteiger partial charge < -0.3 is 14.4 Å². The predicted octanol–water partition coefficient (Wildman–Crippen LogP) is 2.01. The van der Waals surface area contributed by atoms with Crippen molar-refractivity contribution in [1.29, 1.82) is 5.26 Å². The molecule has 0 saturated heterocycles. The van der Waals surface area contributed by atoms with Crippen molar-refractivity contribution >= 4 is 0 Å². The summed E-state index contributed by atoms with van der Waals surface area (Å²) >= 11 is 0. The number of nitriles is 1. The molecule has 0 aromatic heterocycles. The first-order chi connectivity index (χ1) is 9.97. The number of halogens is 2. The van der Waals surface area contributed by atoms with E-state index in [1.54, 1.807) is 6.07 Å². The first-order valence-electron chi connectivity index (χ1n) is 6.38. The lowest BCUT2D eigenvalue weighted by molar-refractivity contribution is -0.0512. The molecule has 1 aromatic rings. The zero-order valence-corrected chi connectivity index (χ0v) is 12.3. The number of hydrogen-bond acceptors (Lipinski definition) is 5. The van der Waals surface area contributed by atoms with Gasteiger partial charge in [0, 0.05) is 13.1 Å². The second-order valence-corrected chi connectivity index (χ2v) is 4.61. The largest absolute Gasteiger partial charge is 0.493 e. The van der Waals surface area contributed by atoms with E-state index in [1.165, 1.54) is 19.2 Å². The first-order valence-corrected chi connectivity index (χ1v) is 6.38. The molecule has 0 radical (unpaired) electrons. The van der Waals surface area contributed by atoms with Crippen LogP contribution in [0.25, 0.3) is 0 Å². The highest BCUT2D eigenvalue weighted by Crippen LogP contribution is 2.31. The zero-order chi connectivity index (χ0) is 15.8. The lowest BCUT2D eigenvalue weighted by atomic mass is 10.1. The highest BCUT2D eigenvalue weighted by atomic mass is 19.3. The molecule has 0 aliphatic carbocycles. The number of hydrogen-bond donors (Lipinski definition) is 1. The molecule has 0 aliphatic heterocycles. The predicted molar refractivity (Wildman–Crippen MR) is 74.5 cm³/mol. The van der Waals surface area contributed by atoms with Crippen LogP contribution in [0.2, 0.25) is 0 Å². The number of ether oxygens (including phenoxy) is 2. The van der Waals surface area contributed by atoms with Crippen LogP contribution in [0.5, 0.6) is 11.5 Å². The highest BCUT2D eigenvalue weighted by molar-refractivity contribution is 5.44. The Morgan fingerprint density at radius 1 is 1.33 bits per heavy atom. The maximum Gasteiger partial charge on any atom is 0.387 e. The summed E-state index contributed by atoms with van der Waals surface area (Å²) in [4.78, 5) is 1.97. The van der Waals surface area contributed by atoms with Crippen LogP contribution in [0, 0.1) is 11.3 Å². The van der Waals surface area contributed by atoms with Crippen LogP contribution in [0.1, 0.15) is 11.6 Å². The smallest absolute Gasteiger partial charge is 0.387 e. The molecular weight excluding hydrogens is 280 g/mol. The molecule has 116 valence electrons. The maximum atomic E-state index is 12.4. The van der Waals surface area contributed by atoms with Gasteiger partial charge in [0.1, 0.15) is 6.04 Å². The van der Waals surface area contributed by atoms with E-state index in [9.17, 15) is 14.0 Å². The Morgan fingerprint density at radius 2 is 2.05 bits per heavy atom. The Morgan fingerprint density at radius 3 is 2.57 bits per heavy atom. The molecule has 0 saturated carbocycles. The van der Waals surface area contributed by atoms with Gasteiger partial charge in [-0.3, -0.25) is 5.32 Å². The Bertz CT molecular complexity index is 490. The molecule has 0 fully saturated rings. The third-order valence-electron chi connectivity index (χ3n) is 2.77. The Balaban J connectivity index is 2.87. The van der Waals surface area contributed by atoms with Gasteiger partial charge in [-0.15, -0.1) is 0 Å². The fourth-order valence-corrected chi connectivity index (χ4v) is 1.73. The third-order valence-corrected chi connectivity index (χ3v) is 2.77. The second kappa shape index (κ2) is 8.39. The van der Waals surface area contributed by atoms with Crippen LogP contribution in [0.4, 0.5) is 8.78 Å². The lowest BCUT2D eigenvalue weighted by Gasteiger charge is -2.16. The molecule has 5 nitrogen and oxygen atoms in total. The molecule has 1 rings (SSSR count). The van der Waals surface area contributed by atoms with Crippen molar-refractivity contribution in [2.24, 2.45) is 0 Å². The van der Waals surface area contributed by atoms with Gasteiger partial charge in [-0.25, -0.2) is 0 Å². The molecule has 7 heteroatoms. The monoisotopic (exact) mass is 299 g/mol. The summed E-state index contributed by atoms with van der Waals surface area (Å²) in [6.07, 6.45) is 0. The molecule has 1 aromatic carbocycles. The minimum absolute atomic E-state index is 0.0836. The normalized spacial score (nSPS) is 12.3. The summed E-state index contributed by atoms with van der Waals surface area (Å²) in [7, 11) is 5.21. The summed E-state index contributed by atoms with van der Waals surface area (Å²) in [6, 6.07) is 6.04. The van der Waals surface area contributed by atoms with Crippen LogP contribution >= 0.6 is 0 Å². The number of rotatable bonds is 8. The summed E-state index contributed by atoms with van der Waals surface area (Å²) < 4.78 is 34.1. The van der Waals surface area contributed by atoms with Crippen LogP contribution in [0.15, 0.2) is 18.2 Å². The SMILES string of the molecule is COc1ccc(C(C#N)NCCN(C)C)cc1OC(F)F. The molecular formula is C14H19F2N3O2. The van der Waals surface area contributed by atoms with Crippen LogP contribution in [-0.4, -0.2) is 45.8 Å². The topological polar surface area (TPSA) is 57.5 Å². The quantitative estimate of drug-likeness (QED) is 0.796. The average molecular weight is 299 g/mol. The van der Waals surface area contributed by atoms with E-state index in [0.29, 0.717) is 12.1 Å². The summed E-state index contributed by atoms with van der Waals surface area (Å²) in [6.45, 7) is -1.59. The van der Waals surface area contributed by atoms with E-state index < -0.39 is 12.7 Å². The molecule has 0 aliphatic rings. The number of nitrogens with zero attached hydrogens (tertiary/aromatic N) is 2. The van der Waals surface area contributed by atoms with Gasteiger partial charge >= 0.3 is 6.61 Å². The molecule has 0 amide bonds. The van der Waals surface area contributed by atoms with E-state index in [1.807, 2.05) is 19.0 Å². The van der Waals surface area contributed by atoms with Gasteiger partial charge in [0.25, 0.3) is 0 Å². The average Bonchev–Trinajstić information content (AvgIpc) is 2.42. The van der Waals surface area contributed by atoms with Gasteiger partial charge in [-0.2, -0.15) is 14.0 Å². The lowest BCUT2D eigenvalue weighted by Crippen LogP contribution is -2.29. The second-order valence-electron chi connectivity index (χ2n) is 4.61. The maximum absolute atomic E-state index is 12.4. The zero-order valence-electron chi connectivity index (χ0n) is 12.3. The number of alkyl halides is 2. The van der Waals surface area contributed by atoms with Crippen LogP contribution < -0.4 is 14.8 Å². The molecule has 1 N–H and O–H groups in total. The summed E-state index contributed by atoms with van der Waals surface area (Å²) in [5, 5.41) is 12.2. The molecule has 21 heavy (non-hydrogen) atoms. The van der Waals surface area contributed by atoms with Gasteiger partial charge in [0.05, 0.1) is 13.2 Å². The Kier molecular flexibility index (Phi) is 6.85. The minimum atomic E-state index is -2.95. The Hall–Kier alpha value is -1.91. The summed E-state index contributed by atoms with van der Waals surface area (Å²) in [5.74, 6) is 0.115. The van der Waals surface area contributed by atoms with Gasteiger partial charge in [0.2, 0.25) is 0 Å². The molecule has 0 bridgehead atoms. The van der Waals surface area contributed by atoms with E-state index >= 15 is 0 Å². The van der Waals surface area contributed by atoms with Crippen LogP contribution in [-0.2, 0) is 0 Å². The standard InChI is InChI=1S/C14H19F2N3O2/c1-19(2)7-6-18-11(9-17)10-4-5-12(20-3)13(8-10)21-14(15)16/h4-5,8,11,14,18H,6-7H2,1-3H3. The highest BCUT2D eigenvalue weighted by Gasteiger charge is 2.16. The molecule has 1 atom stereocenters. The number of benzene rings is 1.